The molecule has 0 aromatic carbocycles. The minimum Gasteiger partial charge on any atom is -0.384 e. The summed E-state index contributed by atoms with van der Waals surface area (Å²) in [6.07, 6.45) is 2.74. The number of nitrogens with one attached hydrogen (secondary N) is 2. The van der Waals surface area contributed by atoms with Crippen molar-refractivity contribution >= 4 is 24.1 Å². The van der Waals surface area contributed by atoms with E-state index in [1.807, 2.05) is 0 Å². The van der Waals surface area contributed by atoms with Gasteiger partial charge in [-0.1, -0.05) is 0 Å². The third kappa shape index (κ3) is 4.96. The fourth-order valence-electron chi connectivity index (χ4n) is 2.10. The molecule has 112 valence electrons. The SMILES string of the molecule is Cl.N=C(N)c1cccnc1NCCCN1CCOCC1. The average molecular weight is 300 g/mol. The molecule has 2 heterocycles. The molecular weight excluding hydrogens is 278 g/mol. The van der Waals surface area contributed by atoms with Crippen molar-refractivity contribution in [3.63, 3.8) is 0 Å². The van der Waals surface area contributed by atoms with Crippen molar-refractivity contribution in [3.05, 3.63) is 23.9 Å². The number of pyridine rings is 1. The third-order valence-electron chi connectivity index (χ3n) is 3.15. The summed E-state index contributed by atoms with van der Waals surface area (Å²) in [4.78, 5) is 6.62. The number of nitrogens with zero attached hydrogens (tertiary/aromatic N) is 2. The van der Waals surface area contributed by atoms with Crippen LogP contribution < -0.4 is 11.1 Å². The summed E-state index contributed by atoms with van der Waals surface area (Å²) in [5.74, 6) is 0.737. The van der Waals surface area contributed by atoms with Crippen molar-refractivity contribution in [2.75, 3.05) is 44.7 Å². The average Bonchev–Trinajstić information content (AvgIpc) is 2.45. The number of nitrogen functional groups attached to an aromatic ring is 1. The van der Waals surface area contributed by atoms with E-state index in [1.165, 1.54) is 0 Å². The molecule has 1 fully saturated rings. The van der Waals surface area contributed by atoms with Gasteiger partial charge in [-0.3, -0.25) is 10.3 Å². The van der Waals surface area contributed by atoms with Crippen LogP contribution in [-0.4, -0.2) is 55.1 Å². The lowest BCUT2D eigenvalue weighted by molar-refractivity contribution is 0.0378. The van der Waals surface area contributed by atoms with E-state index in [0.717, 1.165) is 45.8 Å². The van der Waals surface area contributed by atoms with Crippen LogP contribution in [0.2, 0.25) is 0 Å². The zero-order chi connectivity index (χ0) is 13.5. The molecule has 0 amide bonds. The van der Waals surface area contributed by atoms with Gasteiger partial charge in [0, 0.05) is 25.8 Å². The number of aromatic nitrogens is 1. The zero-order valence-corrected chi connectivity index (χ0v) is 12.3. The quantitative estimate of drug-likeness (QED) is 0.413. The molecule has 1 aliphatic heterocycles. The molecule has 4 N–H and O–H groups in total. The molecular formula is C13H22ClN5O. The van der Waals surface area contributed by atoms with Crippen LogP contribution in [0.1, 0.15) is 12.0 Å². The zero-order valence-electron chi connectivity index (χ0n) is 11.5. The number of hydrogen-bond donors (Lipinski definition) is 3. The first-order valence-corrected chi connectivity index (χ1v) is 6.61. The normalized spacial score (nSPS) is 15.4. The van der Waals surface area contributed by atoms with Crippen LogP contribution in [0.5, 0.6) is 0 Å². The largest absolute Gasteiger partial charge is 0.384 e. The Kier molecular flexibility index (Phi) is 7.28. The number of morpholine rings is 1. The summed E-state index contributed by atoms with van der Waals surface area (Å²) in [5.41, 5.74) is 6.18. The Morgan fingerprint density at radius 3 is 2.90 bits per heavy atom. The molecule has 0 radical (unpaired) electrons. The van der Waals surface area contributed by atoms with Gasteiger partial charge in [0.15, 0.2) is 0 Å². The Hall–Kier alpha value is -1.37. The maximum Gasteiger partial charge on any atom is 0.136 e. The summed E-state index contributed by atoms with van der Waals surface area (Å²) in [7, 11) is 0. The molecule has 0 bridgehead atoms. The topological polar surface area (TPSA) is 87.3 Å². The van der Waals surface area contributed by atoms with Crippen LogP contribution in [-0.2, 0) is 4.74 Å². The highest BCUT2D eigenvalue weighted by atomic mass is 35.5. The lowest BCUT2D eigenvalue weighted by Gasteiger charge is -2.26. The van der Waals surface area contributed by atoms with Gasteiger partial charge in [0.2, 0.25) is 0 Å². The molecule has 7 heteroatoms. The molecule has 0 spiro atoms. The molecule has 0 unspecified atom stereocenters. The Morgan fingerprint density at radius 1 is 1.45 bits per heavy atom. The number of hydrogen-bond acceptors (Lipinski definition) is 5. The van der Waals surface area contributed by atoms with Crippen molar-refractivity contribution in [3.8, 4) is 0 Å². The Morgan fingerprint density at radius 2 is 2.20 bits per heavy atom. The fourth-order valence-corrected chi connectivity index (χ4v) is 2.10. The van der Waals surface area contributed by atoms with Crippen molar-refractivity contribution in [1.82, 2.24) is 9.88 Å². The summed E-state index contributed by atoms with van der Waals surface area (Å²) in [6.45, 7) is 5.59. The summed E-state index contributed by atoms with van der Waals surface area (Å²) in [6, 6.07) is 3.59. The van der Waals surface area contributed by atoms with E-state index in [1.54, 1.807) is 18.3 Å². The van der Waals surface area contributed by atoms with Gasteiger partial charge < -0.3 is 15.8 Å². The van der Waals surface area contributed by atoms with Crippen LogP contribution in [0.15, 0.2) is 18.3 Å². The van der Waals surface area contributed by atoms with Crippen LogP contribution in [0.3, 0.4) is 0 Å². The van der Waals surface area contributed by atoms with E-state index >= 15 is 0 Å². The van der Waals surface area contributed by atoms with Crippen LogP contribution >= 0.6 is 12.4 Å². The number of amidine groups is 1. The van der Waals surface area contributed by atoms with E-state index in [0.29, 0.717) is 11.4 Å². The van der Waals surface area contributed by atoms with Gasteiger partial charge in [0.05, 0.1) is 18.8 Å². The van der Waals surface area contributed by atoms with E-state index < -0.39 is 0 Å². The predicted molar refractivity (Wildman–Crippen MR) is 82.9 cm³/mol. The maximum atomic E-state index is 7.49. The third-order valence-corrected chi connectivity index (χ3v) is 3.15. The van der Waals surface area contributed by atoms with E-state index in [4.69, 9.17) is 15.9 Å². The van der Waals surface area contributed by atoms with Crippen LogP contribution in [0.25, 0.3) is 0 Å². The second-order valence-electron chi connectivity index (χ2n) is 4.55. The van der Waals surface area contributed by atoms with Gasteiger partial charge in [-0.2, -0.15) is 0 Å². The van der Waals surface area contributed by atoms with Gasteiger partial charge in [0.1, 0.15) is 11.7 Å². The van der Waals surface area contributed by atoms with Gasteiger partial charge in [0.25, 0.3) is 0 Å². The minimum absolute atomic E-state index is 0. The standard InChI is InChI=1S/C13H21N5O.ClH/c14-12(15)11-3-1-4-16-13(11)17-5-2-6-18-7-9-19-10-8-18;/h1,3-4H,2,5-10H2,(H3,14,15)(H,16,17);1H. The lowest BCUT2D eigenvalue weighted by atomic mass is 10.2. The van der Waals surface area contributed by atoms with E-state index in [-0.39, 0.29) is 18.2 Å². The Labute approximate surface area is 125 Å². The first-order chi connectivity index (χ1) is 9.27. The molecule has 2 rings (SSSR count). The van der Waals surface area contributed by atoms with Crippen molar-refractivity contribution < 1.29 is 4.74 Å². The molecule has 1 aliphatic rings. The second kappa shape index (κ2) is 8.73. The second-order valence-corrected chi connectivity index (χ2v) is 4.55. The summed E-state index contributed by atoms with van der Waals surface area (Å²) >= 11 is 0. The first-order valence-electron chi connectivity index (χ1n) is 6.61. The summed E-state index contributed by atoms with van der Waals surface area (Å²) < 4.78 is 5.31. The van der Waals surface area contributed by atoms with Gasteiger partial charge in [-0.25, -0.2) is 4.98 Å². The smallest absolute Gasteiger partial charge is 0.136 e. The van der Waals surface area contributed by atoms with Crippen molar-refractivity contribution in [2.24, 2.45) is 5.73 Å². The number of rotatable bonds is 6. The number of halogens is 1. The molecule has 0 aliphatic carbocycles. The van der Waals surface area contributed by atoms with Gasteiger partial charge >= 0.3 is 0 Å². The highest BCUT2D eigenvalue weighted by Gasteiger charge is 2.09. The molecule has 6 nitrogen and oxygen atoms in total. The maximum absolute atomic E-state index is 7.49. The number of ether oxygens (including phenoxy) is 1. The molecule has 1 aromatic heterocycles. The number of anilines is 1. The van der Waals surface area contributed by atoms with E-state index in [9.17, 15) is 0 Å². The minimum atomic E-state index is 0. The fraction of sp³-hybridized carbons (Fsp3) is 0.538. The van der Waals surface area contributed by atoms with Crippen LogP contribution in [0, 0.1) is 5.41 Å². The van der Waals surface area contributed by atoms with Crippen molar-refractivity contribution in [1.29, 1.82) is 5.41 Å². The van der Waals surface area contributed by atoms with E-state index in [2.05, 4.69) is 15.2 Å². The Bertz CT molecular complexity index is 423. The van der Waals surface area contributed by atoms with Crippen LogP contribution in [0.4, 0.5) is 5.82 Å². The molecule has 0 saturated carbocycles. The monoisotopic (exact) mass is 299 g/mol. The highest BCUT2D eigenvalue weighted by Crippen LogP contribution is 2.10. The predicted octanol–water partition coefficient (Wildman–Crippen LogP) is 0.922. The summed E-state index contributed by atoms with van der Waals surface area (Å²) in [5, 5.41) is 10.7. The van der Waals surface area contributed by atoms with Crippen molar-refractivity contribution in [2.45, 2.75) is 6.42 Å². The molecule has 20 heavy (non-hydrogen) atoms. The molecule has 0 atom stereocenters. The number of nitrogens with two attached hydrogens (primary N) is 1. The molecule has 1 saturated heterocycles. The highest BCUT2D eigenvalue weighted by molar-refractivity contribution is 5.99. The lowest BCUT2D eigenvalue weighted by Crippen LogP contribution is -2.37. The molecule has 1 aromatic rings. The Balaban J connectivity index is 0.00000200. The van der Waals surface area contributed by atoms with Gasteiger partial charge in [-0.15, -0.1) is 12.4 Å². The first kappa shape index (κ1) is 16.7. The van der Waals surface area contributed by atoms with Gasteiger partial charge in [-0.05, 0) is 25.1 Å².